The van der Waals surface area contributed by atoms with Gasteiger partial charge in [-0.25, -0.2) is 4.39 Å². The highest BCUT2D eigenvalue weighted by molar-refractivity contribution is 6.30. The fourth-order valence-electron chi connectivity index (χ4n) is 1.10. The van der Waals surface area contributed by atoms with Gasteiger partial charge in [0.1, 0.15) is 0 Å². The molecule has 0 spiro atoms. The Hall–Kier alpha value is -1.09. The van der Waals surface area contributed by atoms with Crippen molar-refractivity contribution in [2.24, 2.45) is 0 Å². The minimum absolute atomic E-state index is 0.103. The number of carbonyl (C=O) groups is 1. The summed E-state index contributed by atoms with van der Waals surface area (Å²) < 4.78 is 18.6. The normalized spacial score (nSPS) is 10.5. The highest BCUT2D eigenvalue weighted by Crippen LogP contribution is 2.20. The number of rotatable bonds is 4. The predicted octanol–water partition coefficient (Wildman–Crippen LogP) is 3.03. The van der Waals surface area contributed by atoms with Crippen LogP contribution in [-0.2, 0) is 0 Å². The molecule has 4 heteroatoms. The summed E-state index contributed by atoms with van der Waals surface area (Å²) >= 11 is 5.36. The molecule has 0 fully saturated rings. The molecule has 0 atom stereocenters. The molecule has 15 heavy (non-hydrogen) atoms. The summed E-state index contributed by atoms with van der Waals surface area (Å²) in [5.41, 5.74) is 0.263. The van der Waals surface area contributed by atoms with Gasteiger partial charge in [-0.05, 0) is 32.0 Å². The van der Waals surface area contributed by atoms with E-state index in [1.54, 1.807) is 13.8 Å². The fraction of sp³-hybridized carbons (Fsp3) is 0.364. The van der Waals surface area contributed by atoms with Crippen LogP contribution in [0.2, 0.25) is 0 Å². The largest absolute Gasteiger partial charge is 0.488 e. The van der Waals surface area contributed by atoms with Crippen LogP contribution in [0.1, 0.15) is 24.2 Å². The number of alkyl halides is 1. The zero-order chi connectivity index (χ0) is 11.4. The van der Waals surface area contributed by atoms with E-state index in [0.717, 1.165) is 6.07 Å². The first-order valence-corrected chi connectivity index (χ1v) is 5.13. The molecule has 0 N–H and O–H groups in total. The van der Waals surface area contributed by atoms with Gasteiger partial charge in [0.2, 0.25) is 0 Å². The van der Waals surface area contributed by atoms with E-state index in [4.69, 9.17) is 16.3 Å². The first kappa shape index (κ1) is 12.0. The maximum Gasteiger partial charge on any atom is 0.177 e. The van der Waals surface area contributed by atoms with Crippen LogP contribution in [-0.4, -0.2) is 17.8 Å². The Morgan fingerprint density at radius 1 is 1.53 bits per heavy atom. The molecule has 0 unspecified atom stereocenters. The Morgan fingerprint density at radius 3 is 2.67 bits per heavy atom. The molecule has 1 aromatic carbocycles. The minimum Gasteiger partial charge on any atom is -0.488 e. The second kappa shape index (κ2) is 5.12. The van der Waals surface area contributed by atoms with Gasteiger partial charge in [0.05, 0.1) is 12.0 Å². The van der Waals surface area contributed by atoms with Crippen LogP contribution in [0.5, 0.6) is 5.75 Å². The van der Waals surface area contributed by atoms with Gasteiger partial charge in [-0.2, -0.15) is 0 Å². The summed E-state index contributed by atoms with van der Waals surface area (Å²) in [5, 5.41) is 0. The number of Topliss-reactive ketones (excluding diaryl/α,β-unsaturated/α-hetero) is 1. The number of ketones is 1. The topological polar surface area (TPSA) is 26.3 Å². The molecule has 0 aliphatic heterocycles. The highest BCUT2D eigenvalue weighted by atomic mass is 35.5. The molecule has 0 radical (unpaired) electrons. The summed E-state index contributed by atoms with van der Waals surface area (Å²) in [6, 6.07) is 4.09. The quantitative estimate of drug-likeness (QED) is 0.587. The lowest BCUT2D eigenvalue weighted by molar-refractivity contribution is 0.102. The van der Waals surface area contributed by atoms with Crippen LogP contribution in [0.15, 0.2) is 18.2 Å². The molecule has 82 valence electrons. The van der Waals surface area contributed by atoms with Crippen LogP contribution in [0.25, 0.3) is 0 Å². The molecular weight excluding hydrogens is 219 g/mol. The molecule has 0 amide bonds. The molecule has 0 aliphatic carbocycles. The van der Waals surface area contributed by atoms with Crippen molar-refractivity contribution in [3.05, 3.63) is 29.6 Å². The monoisotopic (exact) mass is 230 g/mol. The van der Waals surface area contributed by atoms with Crippen molar-refractivity contribution in [3.63, 3.8) is 0 Å². The van der Waals surface area contributed by atoms with E-state index < -0.39 is 5.82 Å². The number of benzene rings is 1. The van der Waals surface area contributed by atoms with E-state index in [9.17, 15) is 9.18 Å². The second-order valence-corrected chi connectivity index (χ2v) is 3.64. The molecular formula is C11H12ClFO2. The van der Waals surface area contributed by atoms with Crippen LogP contribution in [0.4, 0.5) is 4.39 Å². The number of carbonyl (C=O) groups excluding carboxylic acids is 1. The van der Waals surface area contributed by atoms with Crippen molar-refractivity contribution in [2.45, 2.75) is 20.0 Å². The Bertz CT molecular complexity index is 364. The molecule has 2 nitrogen and oxygen atoms in total. The lowest BCUT2D eigenvalue weighted by Gasteiger charge is -2.10. The fourth-order valence-corrected chi connectivity index (χ4v) is 1.26. The number of hydrogen-bond acceptors (Lipinski definition) is 2. The smallest absolute Gasteiger partial charge is 0.177 e. The van der Waals surface area contributed by atoms with E-state index in [2.05, 4.69) is 0 Å². The Labute approximate surface area is 93.0 Å². The van der Waals surface area contributed by atoms with Crippen LogP contribution in [0, 0.1) is 5.82 Å². The van der Waals surface area contributed by atoms with Crippen molar-refractivity contribution in [1.29, 1.82) is 0 Å². The number of ether oxygens (including phenoxy) is 1. The SMILES string of the molecule is CC(C)Oc1ccc(C(=O)CCl)cc1F. The standard InChI is InChI=1S/C11H12ClFO2/c1-7(2)15-11-4-3-8(5-9(11)13)10(14)6-12/h3-5,7H,6H2,1-2H3. The lowest BCUT2D eigenvalue weighted by Crippen LogP contribution is -2.08. The summed E-state index contributed by atoms with van der Waals surface area (Å²) in [6.07, 6.45) is -0.103. The van der Waals surface area contributed by atoms with Crippen molar-refractivity contribution < 1.29 is 13.9 Å². The predicted molar refractivity (Wildman–Crippen MR) is 57.2 cm³/mol. The third kappa shape index (κ3) is 3.20. The maximum absolute atomic E-state index is 13.4. The van der Waals surface area contributed by atoms with E-state index in [-0.39, 0.29) is 29.1 Å². The average Bonchev–Trinajstić information content (AvgIpc) is 2.19. The van der Waals surface area contributed by atoms with Crippen LogP contribution < -0.4 is 4.74 Å². The number of halogens is 2. The van der Waals surface area contributed by atoms with Crippen molar-refractivity contribution in [3.8, 4) is 5.75 Å². The van der Waals surface area contributed by atoms with Gasteiger partial charge in [0.25, 0.3) is 0 Å². The van der Waals surface area contributed by atoms with Crippen LogP contribution in [0.3, 0.4) is 0 Å². The van der Waals surface area contributed by atoms with Gasteiger partial charge < -0.3 is 4.74 Å². The molecule has 0 heterocycles. The first-order valence-electron chi connectivity index (χ1n) is 4.60. The second-order valence-electron chi connectivity index (χ2n) is 3.37. The lowest BCUT2D eigenvalue weighted by atomic mass is 10.1. The van der Waals surface area contributed by atoms with Crippen LogP contribution >= 0.6 is 11.6 Å². The third-order valence-corrected chi connectivity index (χ3v) is 1.98. The van der Waals surface area contributed by atoms with Crippen molar-refractivity contribution in [1.82, 2.24) is 0 Å². The van der Waals surface area contributed by atoms with Crippen molar-refractivity contribution in [2.75, 3.05) is 5.88 Å². The Kier molecular flexibility index (Phi) is 4.09. The number of hydrogen-bond donors (Lipinski definition) is 0. The van der Waals surface area contributed by atoms with E-state index in [0.29, 0.717) is 0 Å². The Morgan fingerprint density at radius 2 is 2.20 bits per heavy atom. The van der Waals surface area contributed by atoms with Crippen molar-refractivity contribution >= 4 is 17.4 Å². The van der Waals surface area contributed by atoms with Gasteiger partial charge in [-0.3, -0.25) is 4.79 Å². The third-order valence-electron chi connectivity index (χ3n) is 1.74. The zero-order valence-corrected chi connectivity index (χ0v) is 9.34. The summed E-state index contributed by atoms with van der Waals surface area (Å²) in [6.45, 7) is 3.61. The summed E-state index contributed by atoms with van der Waals surface area (Å²) in [4.78, 5) is 11.2. The molecule has 0 bridgehead atoms. The highest BCUT2D eigenvalue weighted by Gasteiger charge is 2.10. The molecule has 0 saturated carbocycles. The Balaban J connectivity index is 2.93. The molecule has 1 rings (SSSR count). The van der Waals surface area contributed by atoms with Gasteiger partial charge in [-0.1, -0.05) is 0 Å². The van der Waals surface area contributed by atoms with Gasteiger partial charge in [0, 0.05) is 5.56 Å². The summed E-state index contributed by atoms with van der Waals surface area (Å²) in [7, 11) is 0. The van der Waals surface area contributed by atoms with Gasteiger partial charge in [0.15, 0.2) is 17.3 Å². The summed E-state index contributed by atoms with van der Waals surface area (Å²) in [5.74, 6) is -0.841. The molecule has 1 aromatic rings. The molecule has 0 aromatic heterocycles. The van der Waals surface area contributed by atoms with E-state index >= 15 is 0 Å². The minimum atomic E-state index is -0.542. The molecule has 0 saturated heterocycles. The van der Waals surface area contributed by atoms with Gasteiger partial charge in [-0.15, -0.1) is 11.6 Å². The zero-order valence-electron chi connectivity index (χ0n) is 8.59. The van der Waals surface area contributed by atoms with E-state index in [1.165, 1.54) is 12.1 Å². The maximum atomic E-state index is 13.4. The first-order chi connectivity index (χ1) is 7.04. The van der Waals surface area contributed by atoms with E-state index in [1.807, 2.05) is 0 Å². The van der Waals surface area contributed by atoms with Gasteiger partial charge >= 0.3 is 0 Å². The molecule has 0 aliphatic rings. The average molecular weight is 231 g/mol.